The van der Waals surface area contributed by atoms with Crippen molar-refractivity contribution < 1.29 is 4.74 Å². The molecule has 0 aliphatic carbocycles. The normalized spacial score (nSPS) is 17.3. The first kappa shape index (κ1) is 15.6. The minimum atomic E-state index is 0.615. The summed E-state index contributed by atoms with van der Waals surface area (Å²) in [6, 6.07) is 0. The molecule has 0 aromatic rings. The Balaban J connectivity index is 1.71. The van der Waals surface area contributed by atoms with Crippen molar-refractivity contribution in [2.75, 3.05) is 6.61 Å². The molecule has 1 heterocycles. The fraction of sp³-hybridized carbons (Fsp3) is 0.882. The molecular weight excluding hydrogens is 220 g/mol. The second-order valence-corrected chi connectivity index (χ2v) is 5.43. The molecule has 0 spiro atoms. The zero-order valence-electron chi connectivity index (χ0n) is 12.2. The summed E-state index contributed by atoms with van der Waals surface area (Å²) in [5.74, 6) is 6.62. The highest BCUT2D eigenvalue weighted by molar-refractivity contribution is 4.98. The van der Waals surface area contributed by atoms with Gasteiger partial charge in [-0.05, 0) is 19.3 Å². The molecule has 0 amide bonds. The molecule has 1 atom stereocenters. The number of rotatable bonds is 11. The minimum Gasteiger partial charge on any atom is -0.373 e. The van der Waals surface area contributed by atoms with Gasteiger partial charge < -0.3 is 4.74 Å². The van der Waals surface area contributed by atoms with Gasteiger partial charge in [0, 0.05) is 12.8 Å². The van der Waals surface area contributed by atoms with E-state index in [1.165, 1.54) is 64.2 Å². The maximum Gasteiger partial charge on any atom is 0.0810 e. The number of hydrogen-bond acceptors (Lipinski definition) is 1. The highest BCUT2D eigenvalue weighted by Crippen LogP contribution is 2.17. The minimum absolute atomic E-state index is 0.615. The molecule has 1 saturated heterocycles. The van der Waals surface area contributed by atoms with Gasteiger partial charge in [-0.1, -0.05) is 51.9 Å². The number of unbranched alkanes of at least 4 members (excludes halogenated alkanes) is 9. The van der Waals surface area contributed by atoms with E-state index in [0.29, 0.717) is 6.10 Å². The summed E-state index contributed by atoms with van der Waals surface area (Å²) in [6.45, 7) is 3.28. The van der Waals surface area contributed by atoms with E-state index in [0.717, 1.165) is 19.4 Å². The summed E-state index contributed by atoms with van der Waals surface area (Å²) >= 11 is 0. The van der Waals surface area contributed by atoms with Crippen molar-refractivity contribution in [2.24, 2.45) is 0 Å². The SMILES string of the molecule is CCCCCCCCC#CCCCCCC1CO1. The number of epoxide rings is 1. The van der Waals surface area contributed by atoms with Crippen LogP contribution in [0, 0.1) is 11.8 Å². The molecule has 1 fully saturated rings. The molecule has 1 unspecified atom stereocenters. The van der Waals surface area contributed by atoms with Crippen molar-refractivity contribution in [3.63, 3.8) is 0 Å². The summed E-state index contributed by atoms with van der Waals surface area (Å²) < 4.78 is 5.19. The Morgan fingerprint density at radius 1 is 0.833 bits per heavy atom. The Morgan fingerprint density at radius 2 is 1.39 bits per heavy atom. The lowest BCUT2D eigenvalue weighted by Gasteiger charge is -1.96. The van der Waals surface area contributed by atoms with Crippen LogP contribution in [0.25, 0.3) is 0 Å². The largest absolute Gasteiger partial charge is 0.373 e. The summed E-state index contributed by atoms with van der Waals surface area (Å²) in [5.41, 5.74) is 0. The fourth-order valence-corrected chi connectivity index (χ4v) is 2.17. The highest BCUT2D eigenvalue weighted by atomic mass is 16.6. The molecule has 0 bridgehead atoms. The molecule has 0 aromatic heterocycles. The maximum atomic E-state index is 5.19. The van der Waals surface area contributed by atoms with Gasteiger partial charge in [-0.3, -0.25) is 0 Å². The van der Waals surface area contributed by atoms with E-state index in [1.807, 2.05) is 0 Å². The van der Waals surface area contributed by atoms with Crippen molar-refractivity contribution in [1.29, 1.82) is 0 Å². The van der Waals surface area contributed by atoms with Crippen LogP contribution < -0.4 is 0 Å². The van der Waals surface area contributed by atoms with Crippen molar-refractivity contribution in [3.8, 4) is 11.8 Å². The van der Waals surface area contributed by atoms with E-state index in [1.54, 1.807) is 0 Å². The van der Waals surface area contributed by atoms with Gasteiger partial charge in [-0.2, -0.15) is 0 Å². The highest BCUT2D eigenvalue weighted by Gasteiger charge is 2.20. The van der Waals surface area contributed by atoms with E-state index in [2.05, 4.69) is 18.8 Å². The average molecular weight is 250 g/mol. The van der Waals surface area contributed by atoms with Crippen LogP contribution in [-0.2, 0) is 4.74 Å². The third-order valence-electron chi connectivity index (χ3n) is 3.51. The van der Waals surface area contributed by atoms with E-state index >= 15 is 0 Å². The molecule has 18 heavy (non-hydrogen) atoms. The Labute approximate surface area is 114 Å². The van der Waals surface area contributed by atoms with Gasteiger partial charge in [-0.25, -0.2) is 0 Å². The third-order valence-corrected chi connectivity index (χ3v) is 3.51. The summed E-state index contributed by atoms with van der Waals surface area (Å²) in [6.07, 6.45) is 16.2. The molecule has 104 valence electrons. The monoisotopic (exact) mass is 250 g/mol. The Bertz CT molecular complexity index is 232. The van der Waals surface area contributed by atoms with Crippen LogP contribution >= 0.6 is 0 Å². The molecule has 0 aromatic carbocycles. The Kier molecular flexibility index (Phi) is 10.0. The predicted molar refractivity (Wildman–Crippen MR) is 78.6 cm³/mol. The zero-order chi connectivity index (χ0) is 12.9. The summed E-state index contributed by atoms with van der Waals surface area (Å²) in [4.78, 5) is 0. The van der Waals surface area contributed by atoms with E-state index < -0.39 is 0 Å². The van der Waals surface area contributed by atoms with Gasteiger partial charge in [-0.15, -0.1) is 11.8 Å². The van der Waals surface area contributed by atoms with Gasteiger partial charge in [0.25, 0.3) is 0 Å². The van der Waals surface area contributed by atoms with Gasteiger partial charge in [0.1, 0.15) is 0 Å². The quantitative estimate of drug-likeness (QED) is 0.283. The van der Waals surface area contributed by atoms with Gasteiger partial charge in [0.2, 0.25) is 0 Å². The first-order chi connectivity index (χ1) is 8.93. The van der Waals surface area contributed by atoms with Crippen LogP contribution in [0.2, 0.25) is 0 Å². The molecule has 0 radical (unpaired) electrons. The lowest BCUT2D eigenvalue weighted by molar-refractivity contribution is 0.388. The van der Waals surface area contributed by atoms with E-state index in [4.69, 9.17) is 4.74 Å². The molecule has 0 saturated carbocycles. The maximum absolute atomic E-state index is 5.19. The molecule has 1 heteroatoms. The number of hydrogen-bond donors (Lipinski definition) is 0. The lowest BCUT2D eigenvalue weighted by Crippen LogP contribution is -1.84. The van der Waals surface area contributed by atoms with E-state index in [9.17, 15) is 0 Å². The van der Waals surface area contributed by atoms with Gasteiger partial charge in [0.05, 0.1) is 12.7 Å². The standard InChI is InChI=1S/C17H30O/c1-2-3-4-5-6-7-8-9-10-11-12-13-14-15-17-16-18-17/h17H,2-8,11-16H2,1H3. The Hall–Kier alpha value is -0.480. The molecule has 0 N–H and O–H groups in total. The van der Waals surface area contributed by atoms with Crippen molar-refractivity contribution in [2.45, 2.75) is 90.1 Å². The third kappa shape index (κ3) is 10.7. The number of ether oxygens (including phenoxy) is 1. The first-order valence-electron chi connectivity index (χ1n) is 8.01. The molecule has 1 rings (SSSR count). The summed E-state index contributed by atoms with van der Waals surface area (Å²) in [5, 5.41) is 0. The van der Waals surface area contributed by atoms with Crippen LogP contribution in [-0.4, -0.2) is 12.7 Å². The first-order valence-corrected chi connectivity index (χ1v) is 8.01. The second-order valence-electron chi connectivity index (χ2n) is 5.43. The van der Waals surface area contributed by atoms with Crippen LogP contribution in [0.5, 0.6) is 0 Å². The topological polar surface area (TPSA) is 12.5 Å². The average Bonchev–Trinajstić information content (AvgIpc) is 3.19. The summed E-state index contributed by atoms with van der Waals surface area (Å²) in [7, 11) is 0. The lowest BCUT2D eigenvalue weighted by atomic mass is 10.1. The van der Waals surface area contributed by atoms with Crippen LogP contribution in [0.3, 0.4) is 0 Å². The van der Waals surface area contributed by atoms with Gasteiger partial charge in [0.15, 0.2) is 0 Å². The second kappa shape index (κ2) is 11.6. The van der Waals surface area contributed by atoms with Crippen LogP contribution in [0.15, 0.2) is 0 Å². The van der Waals surface area contributed by atoms with Crippen molar-refractivity contribution >= 4 is 0 Å². The van der Waals surface area contributed by atoms with E-state index in [-0.39, 0.29) is 0 Å². The smallest absolute Gasteiger partial charge is 0.0810 e. The predicted octanol–water partition coefficient (Wildman–Crippen LogP) is 5.09. The van der Waals surface area contributed by atoms with Crippen molar-refractivity contribution in [1.82, 2.24) is 0 Å². The zero-order valence-corrected chi connectivity index (χ0v) is 12.2. The van der Waals surface area contributed by atoms with Crippen molar-refractivity contribution in [3.05, 3.63) is 0 Å². The van der Waals surface area contributed by atoms with Crippen LogP contribution in [0.1, 0.15) is 84.0 Å². The molecule has 1 aliphatic rings. The molecule has 1 nitrogen and oxygen atoms in total. The van der Waals surface area contributed by atoms with Crippen LogP contribution in [0.4, 0.5) is 0 Å². The van der Waals surface area contributed by atoms with Gasteiger partial charge >= 0.3 is 0 Å². The molecular formula is C17H30O. The molecule has 1 aliphatic heterocycles. The fourth-order valence-electron chi connectivity index (χ4n) is 2.17. The Morgan fingerprint density at radius 3 is 2.00 bits per heavy atom.